The number of ether oxygens (including phenoxy) is 1. The van der Waals surface area contributed by atoms with Gasteiger partial charge in [-0.2, -0.15) is 0 Å². The van der Waals surface area contributed by atoms with Gasteiger partial charge in [-0.05, 0) is 26.0 Å². The van der Waals surface area contributed by atoms with Gasteiger partial charge in [0.05, 0.1) is 24.8 Å². The number of aryl methyl sites for hydroxylation is 1. The molecule has 3 rings (SSSR count). The molecule has 1 aliphatic heterocycles. The van der Waals surface area contributed by atoms with Gasteiger partial charge in [-0.3, -0.25) is 14.9 Å². The monoisotopic (exact) mass is 402 g/mol. The van der Waals surface area contributed by atoms with E-state index in [0.29, 0.717) is 24.0 Å². The van der Waals surface area contributed by atoms with Crippen molar-refractivity contribution in [3.63, 3.8) is 0 Å². The average molecular weight is 402 g/mol. The summed E-state index contributed by atoms with van der Waals surface area (Å²) >= 11 is 1.23. The summed E-state index contributed by atoms with van der Waals surface area (Å²) in [7, 11) is 0. The van der Waals surface area contributed by atoms with Gasteiger partial charge < -0.3 is 15.0 Å². The van der Waals surface area contributed by atoms with Gasteiger partial charge in [-0.15, -0.1) is 11.3 Å². The molecule has 28 heavy (non-hydrogen) atoms. The van der Waals surface area contributed by atoms with Crippen molar-refractivity contribution >= 4 is 40.1 Å². The fourth-order valence-corrected chi connectivity index (χ4v) is 3.61. The highest BCUT2D eigenvalue weighted by Crippen LogP contribution is 2.22. The average Bonchev–Trinajstić information content (AvgIpc) is 3.22. The Hall–Kier alpha value is -2.94. The van der Waals surface area contributed by atoms with Crippen LogP contribution in [-0.2, 0) is 20.7 Å². The van der Waals surface area contributed by atoms with E-state index in [9.17, 15) is 14.4 Å². The maximum absolute atomic E-state index is 12.3. The lowest BCUT2D eigenvalue weighted by Crippen LogP contribution is -2.39. The molecule has 0 bridgehead atoms. The van der Waals surface area contributed by atoms with Crippen LogP contribution in [0.15, 0.2) is 29.6 Å². The number of thiazole rings is 1. The van der Waals surface area contributed by atoms with Gasteiger partial charge >= 0.3 is 12.0 Å². The Morgan fingerprint density at radius 2 is 2.07 bits per heavy atom. The third-order valence-corrected chi connectivity index (χ3v) is 5.02. The van der Waals surface area contributed by atoms with E-state index in [1.54, 1.807) is 17.2 Å². The molecule has 0 saturated carbocycles. The number of carbonyl (C=O) groups is 3. The molecule has 0 radical (unpaired) electrons. The number of rotatable bonds is 6. The van der Waals surface area contributed by atoms with Crippen LogP contribution in [0, 0.1) is 6.92 Å². The molecule has 1 aliphatic rings. The molecule has 0 unspecified atom stereocenters. The lowest BCUT2D eigenvalue weighted by Gasteiger charge is -2.17. The van der Waals surface area contributed by atoms with Crippen LogP contribution in [0.3, 0.4) is 0 Å². The highest BCUT2D eigenvalue weighted by Gasteiger charge is 2.31. The third-order valence-electron chi connectivity index (χ3n) is 4.21. The van der Waals surface area contributed by atoms with Crippen LogP contribution in [0.2, 0.25) is 0 Å². The molecule has 1 aromatic carbocycles. The van der Waals surface area contributed by atoms with E-state index in [1.807, 2.05) is 31.2 Å². The van der Waals surface area contributed by atoms with Crippen molar-refractivity contribution in [3.8, 4) is 0 Å². The molecule has 2 N–H and O–H groups in total. The maximum Gasteiger partial charge on any atom is 0.321 e. The summed E-state index contributed by atoms with van der Waals surface area (Å²) in [6.45, 7) is 4.46. The Morgan fingerprint density at radius 3 is 2.79 bits per heavy atom. The van der Waals surface area contributed by atoms with E-state index >= 15 is 0 Å². The quantitative estimate of drug-likeness (QED) is 0.723. The summed E-state index contributed by atoms with van der Waals surface area (Å²) < 4.78 is 4.88. The van der Waals surface area contributed by atoms with E-state index in [-0.39, 0.29) is 30.8 Å². The summed E-state index contributed by atoms with van der Waals surface area (Å²) in [5, 5.41) is 7.53. The first-order valence-electron chi connectivity index (χ1n) is 8.99. The van der Waals surface area contributed by atoms with Crippen LogP contribution in [0.5, 0.6) is 0 Å². The summed E-state index contributed by atoms with van der Waals surface area (Å²) in [6.07, 6.45) is 0.309. The number of hydrogen-bond acceptors (Lipinski definition) is 6. The molecule has 148 valence electrons. The van der Waals surface area contributed by atoms with Crippen LogP contribution in [0.25, 0.3) is 0 Å². The van der Waals surface area contributed by atoms with Crippen molar-refractivity contribution in [1.82, 2.24) is 10.3 Å². The highest BCUT2D eigenvalue weighted by molar-refractivity contribution is 7.13. The Balaban J connectivity index is 1.51. The van der Waals surface area contributed by atoms with Gasteiger partial charge in [0.2, 0.25) is 5.91 Å². The van der Waals surface area contributed by atoms with E-state index in [0.717, 1.165) is 11.3 Å². The number of nitrogens with zero attached hydrogens (tertiary/aromatic N) is 2. The second-order valence-corrected chi connectivity index (χ2v) is 7.32. The van der Waals surface area contributed by atoms with Crippen LogP contribution in [0.1, 0.15) is 24.6 Å². The Morgan fingerprint density at radius 1 is 1.32 bits per heavy atom. The number of urea groups is 1. The summed E-state index contributed by atoms with van der Waals surface area (Å²) in [4.78, 5) is 41.8. The zero-order chi connectivity index (χ0) is 20.1. The molecule has 8 nitrogen and oxygen atoms in total. The molecular weight excluding hydrogens is 380 g/mol. The third kappa shape index (κ3) is 5.07. The second kappa shape index (κ2) is 8.83. The number of carbonyl (C=O) groups excluding carboxylic acids is 3. The normalized spacial score (nSPS) is 16.1. The molecule has 0 aliphatic carbocycles. The van der Waals surface area contributed by atoms with Gasteiger partial charge in [0.25, 0.3) is 0 Å². The second-order valence-electron chi connectivity index (χ2n) is 6.47. The summed E-state index contributed by atoms with van der Waals surface area (Å²) in [5.41, 5.74) is 2.49. The van der Waals surface area contributed by atoms with Crippen molar-refractivity contribution < 1.29 is 19.1 Å². The molecule has 1 aromatic heterocycles. The minimum absolute atomic E-state index is 0.0277. The predicted molar refractivity (Wildman–Crippen MR) is 107 cm³/mol. The Bertz CT molecular complexity index is 865. The van der Waals surface area contributed by atoms with Crippen molar-refractivity contribution in [1.29, 1.82) is 0 Å². The first kappa shape index (κ1) is 19.8. The molecule has 2 aromatic rings. The molecule has 1 fully saturated rings. The fourth-order valence-electron chi connectivity index (χ4n) is 2.90. The minimum Gasteiger partial charge on any atom is -0.466 e. The summed E-state index contributed by atoms with van der Waals surface area (Å²) in [6, 6.07) is 6.99. The lowest BCUT2D eigenvalue weighted by molar-refractivity contribution is -0.142. The van der Waals surface area contributed by atoms with Crippen LogP contribution < -0.4 is 15.5 Å². The molecular formula is C19H22N4O4S. The van der Waals surface area contributed by atoms with E-state index in [4.69, 9.17) is 4.74 Å². The number of amides is 3. The van der Waals surface area contributed by atoms with Gasteiger partial charge in [0.1, 0.15) is 0 Å². The van der Waals surface area contributed by atoms with E-state index in [1.165, 1.54) is 11.3 Å². The van der Waals surface area contributed by atoms with Gasteiger partial charge in [0, 0.05) is 24.0 Å². The fraction of sp³-hybridized carbons (Fsp3) is 0.368. The molecule has 3 amide bonds. The number of anilines is 2. The first-order chi connectivity index (χ1) is 13.4. The Kier molecular flexibility index (Phi) is 6.25. The van der Waals surface area contributed by atoms with Gasteiger partial charge in [-0.25, -0.2) is 9.78 Å². The molecule has 1 saturated heterocycles. The predicted octanol–water partition coefficient (Wildman–Crippen LogP) is 2.48. The zero-order valence-corrected chi connectivity index (χ0v) is 16.5. The first-order valence-corrected chi connectivity index (χ1v) is 9.87. The van der Waals surface area contributed by atoms with Gasteiger partial charge in [-0.1, -0.05) is 17.7 Å². The number of nitrogens with one attached hydrogen (secondary N) is 2. The highest BCUT2D eigenvalue weighted by atomic mass is 32.1. The van der Waals surface area contributed by atoms with E-state index < -0.39 is 6.03 Å². The molecule has 1 atom stereocenters. The maximum atomic E-state index is 12.3. The molecule has 9 heteroatoms. The van der Waals surface area contributed by atoms with Crippen LogP contribution >= 0.6 is 11.3 Å². The smallest absolute Gasteiger partial charge is 0.321 e. The molecule has 2 heterocycles. The largest absolute Gasteiger partial charge is 0.466 e. The van der Waals surface area contributed by atoms with Crippen molar-refractivity contribution in [2.75, 3.05) is 23.4 Å². The van der Waals surface area contributed by atoms with Crippen LogP contribution in [0.4, 0.5) is 15.6 Å². The Labute approximate surface area is 166 Å². The number of esters is 1. The lowest BCUT2D eigenvalue weighted by atomic mass is 10.2. The summed E-state index contributed by atoms with van der Waals surface area (Å²) in [5.74, 6) is -0.385. The van der Waals surface area contributed by atoms with Crippen molar-refractivity contribution in [3.05, 3.63) is 40.9 Å². The number of aromatic nitrogens is 1. The molecule has 0 spiro atoms. The number of hydrogen-bond donors (Lipinski definition) is 2. The van der Waals surface area contributed by atoms with Crippen molar-refractivity contribution in [2.24, 2.45) is 0 Å². The van der Waals surface area contributed by atoms with E-state index in [2.05, 4.69) is 15.6 Å². The SMILES string of the molecule is CCOC(=O)Cc1csc(NC(=O)N[C@H]2CC(=O)N(c3ccc(C)cc3)C2)n1. The number of benzene rings is 1. The topological polar surface area (TPSA) is 101 Å². The zero-order valence-electron chi connectivity index (χ0n) is 15.7. The van der Waals surface area contributed by atoms with Gasteiger partial charge in [0.15, 0.2) is 5.13 Å². The minimum atomic E-state index is -0.430. The van der Waals surface area contributed by atoms with Crippen LogP contribution in [-0.4, -0.2) is 42.1 Å². The van der Waals surface area contributed by atoms with Crippen molar-refractivity contribution in [2.45, 2.75) is 32.7 Å². The standard InChI is InChI=1S/C19H22N4O4S/c1-3-27-17(25)9-14-11-28-19(21-14)22-18(26)20-13-8-16(24)23(10-13)15-6-4-12(2)5-7-15/h4-7,11,13H,3,8-10H2,1-2H3,(H2,20,21,22,26)/t13-/m0/s1.